The number of amides is 2. The maximum Gasteiger partial charge on any atom is 0.245 e. The summed E-state index contributed by atoms with van der Waals surface area (Å²) in [5.41, 5.74) is 0.914. The standard InChI is InChI=1S/C20H31N3O3/c1-15(2)14-17(20(25)23-10-12-26-13-11-23)21-19(24)18(22(3)4)16-8-6-5-7-9-16/h5-9,15,17-18H,10-14H2,1-4H3,(H,21,24). The van der Waals surface area contributed by atoms with Crippen LogP contribution in [0.5, 0.6) is 0 Å². The lowest BCUT2D eigenvalue weighted by molar-refractivity contribution is -0.141. The minimum Gasteiger partial charge on any atom is -0.378 e. The van der Waals surface area contributed by atoms with Crippen molar-refractivity contribution in [3.63, 3.8) is 0 Å². The summed E-state index contributed by atoms with van der Waals surface area (Å²) in [6.07, 6.45) is 0.622. The molecule has 1 aliphatic rings. The molecule has 0 aliphatic carbocycles. The molecule has 0 aromatic heterocycles. The highest BCUT2D eigenvalue weighted by Gasteiger charge is 2.31. The Morgan fingerprint density at radius 3 is 2.31 bits per heavy atom. The van der Waals surface area contributed by atoms with Crippen LogP contribution in [0.15, 0.2) is 30.3 Å². The fourth-order valence-electron chi connectivity index (χ4n) is 3.27. The van der Waals surface area contributed by atoms with Crippen molar-refractivity contribution in [2.24, 2.45) is 5.92 Å². The predicted molar refractivity (Wildman–Crippen MR) is 102 cm³/mol. The molecular weight excluding hydrogens is 330 g/mol. The fraction of sp³-hybridized carbons (Fsp3) is 0.600. The van der Waals surface area contributed by atoms with Crippen molar-refractivity contribution in [2.75, 3.05) is 40.4 Å². The first kappa shape index (κ1) is 20.4. The number of carbonyl (C=O) groups is 2. The largest absolute Gasteiger partial charge is 0.378 e. The van der Waals surface area contributed by atoms with Gasteiger partial charge in [-0.1, -0.05) is 44.2 Å². The van der Waals surface area contributed by atoms with Gasteiger partial charge >= 0.3 is 0 Å². The van der Waals surface area contributed by atoms with Crippen molar-refractivity contribution in [3.8, 4) is 0 Å². The van der Waals surface area contributed by atoms with E-state index in [4.69, 9.17) is 4.74 Å². The van der Waals surface area contributed by atoms with E-state index >= 15 is 0 Å². The van der Waals surface area contributed by atoms with Gasteiger partial charge in [0.25, 0.3) is 0 Å². The Morgan fingerprint density at radius 1 is 1.15 bits per heavy atom. The lowest BCUT2D eigenvalue weighted by Crippen LogP contribution is -2.53. The number of morpholine rings is 1. The first-order valence-corrected chi connectivity index (χ1v) is 9.28. The minimum absolute atomic E-state index is 0.0130. The van der Waals surface area contributed by atoms with Gasteiger partial charge in [-0.2, -0.15) is 0 Å². The predicted octanol–water partition coefficient (Wildman–Crippen LogP) is 1.68. The van der Waals surface area contributed by atoms with Gasteiger partial charge in [0, 0.05) is 13.1 Å². The SMILES string of the molecule is CC(C)CC(NC(=O)C(c1ccccc1)N(C)C)C(=O)N1CCOCC1. The summed E-state index contributed by atoms with van der Waals surface area (Å²) in [6, 6.07) is 8.71. The highest BCUT2D eigenvalue weighted by molar-refractivity contribution is 5.90. The molecule has 1 fully saturated rings. The van der Waals surface area contributed by atoms with Crippen LogP contribution in [0.1, 0.15) is 31.9 Å². The molecule has 1 saturated heterocycles. The summed E-state index contributed by atoms with van der Waals surface area (Å²) >= 11 is 0. The van der Waals surface area contributed by atoms with Crippen molar-refractivity contribution >= 4 is 11.8 Å². The second-order valence-electron chi connectivity index (χ2n) is 7.41. The third kappa shape index (κ3) is 5.54. The molecule has 2 rings (SSSR count). The molecular formula is C20H31N3O3. The highest BCUT2D eigenvalue weighted by Crippen LogP contribution is 2.19. The van der Waals surface area contributed by atoms with Gasteiger partial charge in [0.2, 0.25) is 11.8 Å². The second-order valence-corrected chi connectivity index (χ2v) is 7.41. The molecule has 26 heavy (non-hydrogen) atoms. The van der Waals surface area contributed by atoms with Crippen LogP contribution in [0.25, 0.3) is 0 Å². The first-order valence-electron chi connectivity index (χ1n) is 9.28. The third-order valence-electron chi connectivity index (χ3n) is 4.52. The van der Waals surface area contributed by atoms with Crippen molar-refractivity contribution in [1.29, 1.82) is 0 Å². The maximum atomic E-state index is 13.0. The quantitative estimate of drug-likeness (QED) is 0.803. The summed E-state index contributed by atoms with van der Waals surface area (Å²) in [7, 11) is 3.75. The maximum absolute atomic E-state index is 13.0. The molecule has 2 amide bonds. The monoisotopic (exact) mass is 361 g/mol. The fourth-order valence-corrected chi connectivity index (χ4v) is 3.27. The van der Waals surface area contributed by atoms with Crippen LogP contribution in [0.3, 0.4) is 0 Å². The topological polar surface area (TPSA) is 61.9 Å². The van der Waals surface area contributed by atoms with Crippen LogP contribution in [0.4, 0.5) is 0 Å². The van der Waals surface area contributed by atoms with Crippen LogP contribution >= 0.6 is 0 Å². The molecule has 0 saturated carbocycles. The smallest absolute Gasteiger partial charge is 0.245 e. The molecule has 1 aromatic carbocycles. The number of nitrogens with one attached hydrogen (secondary N) is 1. The van der Waals surface area contributed by atoms with E-state index in [1.807, 2.05) is 49.3 Å². The Hall–Kier alpha value is -1.92. The van der Waals surface area contributed by atoms with Crippen LogP contribution in [-0.2, 0) is 14.3 Å². The Balaban J connectivity index is 2.14. The van der Waals surface area contributed by atoms with Gasteiger partial charge in [0.15, 0.2) is 0 Å². The molecule has 2 unspecified atom stereocenters. The molecule has 1 N–H and O–H groups in total. The van der Waals surface area contributed by atoms with Crippen LogP contribution in [0, 0.1) is 5.92 Å². The van der Waals surface area contributed by atoms with E-state index in [0.29, 0.717) is 38.6 Å². The van der Waals surface area contributed by atoms with Gasteiger partial charge in [-0.3, -0.25) is 14.5 Å². The van der Waals surface area contributed by atoms with Gasteiger partial charge in [-0.05, 0) is 32.0 Å². The van der Waals surface area contributed by atoms with E-state index in [1.54, 1.807) is 4.90 Å². The summed E-state index contributed by atoms with van der Waals surface area (Å²) in [6.45, 7) is 6.40. The van der Waals surface area contributed by atoms with E-state index in [0.717, 1.165) is 5.56 Å². The Morgan fingerprint density at radius 2 is 1.77 bits per heavy atom. The van der Waals surface area contributed by atoms with Crippen molar-refractivity contribution < 1.29 is 14.3 Å². The van der Waals surface area contributed by atoms with Gasteiger partial charge < -0.3 is 15.0 Å². The molecule has 1 aliphatic heterocycles. The number of hydrogen-bond donors (Lipinski definition) is 1. The van der Waals surface area contributed by atoms with Crippen LogP contribution in [-0.4, -0.2) is 68.1 Å². The van der Waals surface area contributed by atoms with E-state index in [-0.39, 0.29) is 11.8 Å². The van der Waals surface area contributed by atoms with Crippen molar-refractivity contribution in [3.05, 3.63) is 35.9 Å². The average molecular weight is 361 g/mol. The molecule has 0 radical (unpaired) electrons. The zero-order chi connectivity index (χ0) is 19.1. The summed E-state index contributed by atoms with van der Waals surface area (Å²) in [5, 5.41) is 3.01. The van der Waals surface area contributed by atoms with E-state index in [2.05, 4.69) is 19.2 Å². The molecule has 1 aromatic rings. The molecule has 6 heteroatoms. The van der Waals surface area contributed by atoms with Crippen LogP contribution < -0.4 is 5.32 Å². The molecule has 2 atom stereocenters. The lowest BCUT2D eigenvalue weighted by atomic mass is 10.00. The Bertz CT molecular complexity index is 583. The molecule has 0 bridgehead atoms. The minimum atomic E-state index is -0.508. The Kier molecular flexibility index (Phi) is 7.60. The lowest BCUT2D eigenvalue weighted by Gasteiger charge is -2.33. The van der Waals surface area contributed by atoms with Gasteiger partial charge in [-0.25, -0.2) is 0 Å². The summed E-state index contributed by atoms with van der Waals surface area (Å²) < 4.78 is 5.33. The highest BCUT2D eigenvalue weighted by atomic mass is 16.5. The number of likely N-dealkylation sites (N-methyl/N-ethyl adjacent to an activating group) is 1. The molecule has 0 spiro atoms. The number of benzene rings is 1. The average Bonchev–Trinajstić information content (AvgIpc) is 2.61. The number of hydrogen-bond acceptors (Lipinski definition) is 4. The summed E-state index contributed by atoms with van der Waals surface area (Å²) in [4.78, 5) is 29.6. The van der Waals surface area contributed by atoms with Crippen molar-refractivity contribution in [2.45, 2.75) is 32.4 Å². The second kappa shape index (κ2) is 9.69. The third-order valence-corrected chi connectivity index (χ3v) is 4.52. The van der Waals surface area contributed by atoms with Crippen molar-refractivity contribution in [1.82, 2.24) is 15.1 Å². The van der Waals surface area contributed by atoms with E-state index < -0.39 is 12.1 Å². The summed E-state index contributed by atoms with van der Waals surface area (Å²) in [5.74, 6) is 0.147. The number of nitrogens with zero attached hydrogens (tertiary/aromatic N) is 2. The number of ether oxygens (including phenoxy) is 1. The number of carbonyl (C=O) groups excluding carboxylic acids is 2. The number of rotatable bonds is 7. The molecule has 144 valence electrons. The first-order chi connectivity index (χ1) is 12.4. The van der Waals surface area contributed by atoms with Gasteiger partial charge in [-0.15, -0.1) is 0 Å². The zero-order valence-electron chi connectivity index (χ0n) is 16.3. The molecule has 1 heterocycles. The molecule has 6 nitrogen and oxygen atoms in total. The van der Waals surface area contributed by atoms with E-state index in [9.17, 15) is 9.59 Å². The van der Waals surface area contributed by atoms with Crippen LogP contribution in [0.2, 0.25) is 0 Å². The van der Waals surface area contributed by atoms with Gasteiger partial charge in [0.1, 0.15) is 12.1 Å². The van der Waals surface area contributed by atoms with Gasteiger partial charge in [0.05, 0.1) is 13.2 Å². The normalized spacial score (nSPS) is 17.2. The zero-order valence-corrected chi connectivity index (χ0v) is 16.3. The van der Waals surface area contributed by atoms with E-state index in [1.165, 1.54) is 0 Å². The Labute approximate surface area is 156 Å².